The van der Waals surface area contributed by atoms with Crippen molar-refractivity contribution in [1.29, 1.82) is 0 Å². The summed E-state index contributed by atoms with van der Waals surface area (Å²) >= 11 is 0. The minimum Gasteiger partial charge on any atom is -0.469 e. The van der Waals surface area contributed by atoms with Gasteiger partial charge in [-0.25, -0.2) is 0 Å². The van der Waals surface area contributed by atoms with Gasteiger partial charge in [0.1, 0.15) is 0 Å². The average Bonchev–Trinajstić information content (AvgIpc) is 2.54. The van der Waals surface area contributed by atoms with Crippen LogP contribution in [0.4, 0.5) is 0 Å². The third kappa shape index (κ3) is 4.18. The number of amides is 1. The lowest BCUT2D eigenvalue weighted by Crippen LogP contribution is -2.48. The van der Waals surface area contributed by atoms with Gasteiger partial charge in [-0.05, 0) is 38.2 Å². The lowest BCUT2D eigenvalue weighted by molar-refractivity contribution is -0.149. The summed E-state index contributed by atoms with van der Waals surface area (Å²) in [5, 5.41) is 0. The molecule has 0 aromatic heterocycles. The summed E-state index contributed by atoms with van der Waals surface area (Å²) in [6, 6.07) is 0.145. The van der Waals surface area contributed by atoms with Crippen LogP contribution in [0.5, 0.6) is 0 Å². The van der Waals surface area contributed by atoms with Crippen molar-refractivity contribution in [1.82, 2.24) is 4.90 Å². The number of carbonyl (C=O) groups excluding carboxylic acids is 2. The molecule has 5 heteroatoms. The molecule has 1 fully saturated rings. The zero-order valence-corrected chi connectivity index (χ0v) is 14.4. The highest BCUT2D eigenvalue weighted by atomic mass is 16.5. The SMILES string of the molecule is CC/C(C=NC)=C(/CC)C(=O)N1CC(C(=O)OC)CCC1C. The maximum absolute atomic E-state index is 12.9. The first-order valence-corrected chi connectivity index (χ1v) is 8.02. The van der Waals surface area contributed by atoms with Crippen LogP contribution in [0.3, 0.4) is 0 Å². The lowest BCUT2D eigenvalue weighted by Gasteiger charge is -2.37. The number of hydrogen-bond donors (Lipinski definition) is 0. The molecule has 0 spiro atoms. The van der Waals surface area contributed by atoms with Crippen molar-refractivity contribution in [2.24, 2.45) is 10.9 Å². The number of carbonyl (C=O) groups is 2. The Balaban J connectivity index is 3.04. The second kappa shape index (κ2) is 8.71. The van der Waals surface area contributed by atoms with Crippen molar-refractivity contribution in [3.05, 3.63) is 11.1 Å². The first kappa shape index (κ1) is 18.4. The van der Waals surface area contributed by atoms with Gasteiger partial charge in [0.05, 0.1) is 13.0 Å². The third-order valence-corrected chi connectivity index (χ3v) is 4.34. The van der Waals surface area contributed by atoms with Crippen molar-refractivity contribution < 1.29 is 14.3 Å². The molecule has 124 valence electrons. The van der Waals surface area contributed by atoms with Gasteiger partial charge in [0, 0.05) is 31.4 Å². The van der Waals surface area contributed by atoms with Gasteiger partial charge in [0.25, 0.3) is 0 Å². The number of nitrogens with zero attached hydrogens (tertiary/aromatic N) is 2. The van der Waals surface area contributed by atoms with Gasteiger partial charge in [-0.1, -0.05) is 13.8 Å². The molecule has 0 N–H and O–H groups in total. The van der Waals surface area contributed by atoms with Gasteiger partial charge < -0.3 is 9.64 Å². The minimum atomic E-state index is -0.224. The van der Waals surface area contributed by atoms with Crippen molar-refractivity contribution in [3.63, 3.8) is 0 Å². The predicted octanol–water partition coefficient (Wildman–Crippen LogP) is 2.60. The highest BCUT2D eigenvalue weighted by Crippen LogP contribution is 2.26. The molecule has 1 heterocycles. The topological polar surface area (TPSA) is 59.0 Å². The Kier molecular flexibility index (Phi) is 7.28. The Hall–Kier alpha value is -1.65. The van der Waals surface area contributed by atoms with Crippen LogP contribution in [-0.2, 0) is 14.3 Å². The number of hydrogen-bond acceptors (Lipinski definition) is 4. The van der Waals surface area contributed by atoms with E-state index in [0.29, 0.717) is 13.0 Å². The maximum Gasteiger partial charge on any atom is 0.310 e. The summed E-state index contributed by atoms with van der Waals surface area (Å²) in [5.41, 5.74) is 1.77. The molecular weight excluding hydrogens is 280 g/mol. The molecule has 2 atom stereocenters. The van der Waals surface area contributed by atoms with E-state index in [2.05, 4.69) is 4.99 Å². The number of rotatable bonds is 5. The molecular formula is C17H28N2O3. The summed E-state index contributed by atoms with van der Waals surface area (Å²) in [6.07, 6.45) is 4.81. The fourth-order valence-electron chi connectivity index (χ4n) is 2.98. The Morgan fingerprint density at radius 3 is 2.45 bits per heavy atom. The number of esters is 1. The summed E-state index contributed by atoms with van der Waals surface area (Å²) < 4.78 is 4.84. The number of allylic oxidation sites excluding steroid dienone is 1. The monoisotopic (exact) mass is 308 g/mol. The van der Waals surface area contributed by atoms with Crippen LogP contribution >= 0.6 is 0 Å². The Morgan fingerprint density at radius 2 is 1.95 bits per heavy atom. The minimum absolute atomic E-state index is 0.0281. The molecule has 1 rings (SSSR count). The van der Waals surface area contributed by atoms with Gasteiger partial charge in [-0.15, -0.1) is 0 Å². The van der Waals surface area contributed by atoms with E-state index >= 15 is 0 Å². The number of ether oxygens (including phenoxy) is 1. The molecule has 2 unspecified atom stereocenters. The van der Waals surface area contributed by atoms with Crippen molar-refractivity contribution in [3.8, 4) is 0 Å². The highest BCUT2D eigenvalue weighted by Gasteiger charge is 2.34. The Morgan fingerprint density at radius 1 is 1.27 bits per heavy atom. The molecule has 1 aliphatic rings. The second-order valence-electron chi connectivity index (χ2n) is 5.70. The van der Waals surface area contributed by atoms with Gasteiger partial charge in [-0.2, -0.15) is 0 Å². The average molecular weight is 308 g/mol. The quantitative estimate of drug-likeness (QED) is 0.445. The van der Waals surface area contributed by atoms with E-state index in [1.807, 2.05) is 25.7 Å². The van der Waals surface area contributed by atoms with Crippen LogP contribution in [0.2, 0.25) is 0 Å². The van der Waals surface area contributed by atoms with Crippen LogP contribution in [0.25, 0.3) is 0 Å². The molecule has 22 heavy (non-hydrogen) atoms. The molecule has 5 nitrogen and oxygen atoms in total. The largest absolute Gasteiger partial charge is 0.469 e. The third-order valence-electron chi connectivity index (χ3n) is 4.34. The fraction of sp³-hybridized carbons (Fsp3) is 0.706. The predicted molar refractivity (Wildman–Crippen MR) is 87.9 cm³/mol. The highest BCUT2D eigenvalue weighted by molar-refractivity contribution is 6.00. The Bertz CT molecular complexity index is 469. The van der Waals surface area contributed by atoms with E-state index in [0.717, 1.165) is 30.4 Å². The summed E-state index contributed by atoms with van der Waals surface area (Å²) in [6.45, 7) is 6.49. The summed E-state index contributed by atoms with van der Waals surface area (Å²) in [4.78, 5) is 30.6. The van der Waals surface area contributed by atoms with Gasteiger partial charge >= 0.3 is 5.97 Å². The number of piperidine rings is 1. The van der Waals surface area contributed by atoms with E-state index in [-0.39, 0.29) is 23.8 Å². The van der Waals surface area contributed by atoms with E-state index in [9.17, 15) is 9.59 Å². The normalized spacial score (nSPS) is 23.4. The number of aliphatic imine (C=N–C) groups is 1. The van der Waals surface area contributed by atoms with Crippen LogP contribution in [0, 0.1) is 5.92 Å². The van der Waals surface area contributed by atoms with Crippen LogP contribution in [0.1, 0.15) is 46.5 Å². The second-order valence-corrected chi connectivity index (χ2v) is 5.70. The number of likely N-dealkylation sites (tertiary alicyclic amines) is 1. The van der Waals surface area contributed by atoms with E-state index in [1.165, 1.54) is 7.11 Å². The first-order chi connectivity index (χ1) is 10.5. The molecule has 0 saturated carbocycles. The molecule has 0 bridgehead atoms. The zero-order chi connectivity index (χ0) is 16.7. The van der Waals surface area contributed by atoms with E-state index in [4.69, 9.17) is 4.74 Å². The van der Waals surface area contributed by atoms with Gasteiger partial charge in [0.2, 0.25) is 5.91 Å². The van der Waals surface area contributed by atoms with Crippen molar-refractivity contribution >= 4 is 18.1 Å². The molecule has 0 aromatic rings. The van der Waals surface area contributed by atoms with Crippen molar-refractivity contribution in [2.75, 3.05) is 20.7 Å². The molecule has 1 amide bonds. The molecule has 0 aromatic carbocycles. The molecule has 0 radical (unpaired) electrons. The maximum atomic E-state index is 12.9. The van der Waals surface area contributed by atoms with Crippen molar-refractivity contribution in [2.45, 2.75) is 52.5 Å². The Labute approximate surface area is 133 Å². The fourth-order valence-corrected chi connectivity index (χ4v) is 2.98. The van der Waals surface area contributed by atoms with Gasteiger partial charge in [-0.3, -0.25) is 14.6 Å². The zero-order valence-electron chi connectivity index (χ0n) is 14.4. The van der Waals surface area contributed by atoms with Gasteiger partial charge in [0.15, 0.2) is 0 Å². The smallest absolute Gasteiger partial charge is 0.310 e. The lowest BCUT2D eigenvalue weighted by atomic mass is 9.92. The van der Waals surface area contributed by atoms with Crippen LogP contribution < -0.4 is 0 Å². The molecule has 1 saturated heterocycles. The molecule has 0 aliphatic carbocycles. The summed E-state index contributed by atoms with van der Waals surface area (Å²) in [5.74, 6) is -0.411. The van der Waals surface area contributed by atoms with E-state index in [1.54, 1.807) is 13.3 Å². The van der Waals surface area contributed by atoms with Crippen LogP contribution in [-0.4, -0.2) is 49.7 Å². The van der Waals surface area contributed by atoms with E-state index < -0.39 is 0 Å². The number of methoxy groups -OCH3 is 1. The van der Waals surface area contributed by atoms with Crippen LogP contribution in [0.15, 0.2) is 16.1 Å². The molecule has 1 aliphatic heterocycles. The summed E-state index contributed by atoms with van der Waals surface area (Å²) in [7, 11) is 3.11. The first-order valence-electron chi connectivity index (χ1n) is 8.02. The standard InChI is InChI=1S/C17H28N2O3/c1-6-13(10-18-4)15(7-2)16(20)19-11-14(17(21)22-5)9-8-12(19)3/h10,12,14H,6-9,11H2,1-5H3/b15-13+,18-10?.